The summed E-state index contributed by atoms with van der Waals surface area (Å²) in [4.78, 5) is 0. The summed E-state index contributed by atoms with van der Waals surface area (Å²) in [6.45, 7) is 1.50. The number of rotatable bonds is 6. The molecule has 6 heteroatoms. The molecule has 2 heterocycles. The number of benzene rings is 1. The number of nitrogens with zero attached hydrogens (tertiary/aromatic N) is 3. The molecule has 6 nitrogen and oxygen atoms in total. The predicted molar refractivity (Wildman–Crippen MR) is 84.3 cm³/mol. The molecule has 114 valence electrons. The molecule has 0 atom stereocenters. The van der Waals surface area contributed by atoms with Gasteiger partial charge in [0.25, 0.3) is 0 Å². The summed E-state index contributed by atoms with van der Waals surface area (Å²) >= 11 is 0. The van der Waals surface area contributed by atoms with Crippen molar-refractivity contribution in [2.75, 3.05) is 7.11 Å². The lowest BCUT2D eigenvalue weighted by atomic mass is 10.1. The third kappa shape index (κ3) is 3.17. The van der Waals surface area contributed by atoms with Crippen LogP contribution in [0.5, 0.6) is 5.75 Å². The van der Waals surface area contributed by atoms with Crippen LogP contribution in [0.1, 0.15) is 11.4 Å². The molecule has 0 radical (unpaired) electrons. The van der Waals surface area contributed by atoms with Gasteiger partial charge in [0.05, 0.1) is 18.5 Å². The maximum atomic E-state index is 5.16. The third-order valence-electron chi connectivity index (χ3n) is 3.56. The molecular formula is C16H19N5O. The summed E-state index contributed by atoms with van der Waals surface area (Å²) in [7, 11) is 3.60. The third-order valence-corrected chi connectivity index (χ3v) is 3.56. The molecule has 2 aromatic heterocycles. The lowest BCUT2D eigenvalue weighted by Gasteiger charge is -2.03. The van der Waals surface area contributed by atoms with E-state index in [1.807, 2.05) is 42.1 Å². The number of H-pyrrole nitrogens is 1. The van der Waals surface area contributed by atoms with Crippen LogP contribution < -0.4 is 10.1 Å². The zero-order valence-corrected chi connectivity index (χ0v) is 12.7. The van der Waals surface area contributed by atoms with Gasteiger partial charge in [-0.1, -0.05) is 0 Å². The van der Waals surface area contributed by atoms with Crippen molar-refractivity contribution in [3.8, 4) is 17.0 Å². The van der Waals surface area contributed by atoms with Crippen molar-refractivity contribution in [2.24, 2.45) is 7.05 Å². The van der Waals surface area contributed by atoms with Gasteiger partial charge in [-0.15, -0.1) is 0 Å². The topological polar surface area (TPSA) is 67.8 Å². The number of methoxy groups -OCH3 is 1. The van der Waals surface area contributed by atoms with Crippen LogP contribution in [0.3, 0.4) is 0 Å². The summed E-state index contributed by atoms with van der Waals surface area (Å²) in [5.74, 6) is 0.845. The van der Waals surface area contributed by atoms with Gasteiger partial charge in [0.1, 0.15) is 5.75 Å². The first-order valence-electron chi connectivity index (χ1n) is 7.12. The maximum absolute atomic E-state index is 5.16. The Morgan fingerprint density at radius 2 is 2.00 bits per heavy atom. The van der Waals surface area contributed by atoms with E-state index in [1.165, 1.54) is 0 Å². The SMILES string of the molecule is COc1ccc(-c2cc(CNCc3ccnn3C)[nH]n2)cc1. The van der Waals surface area contributed by atoms with Crippen molar-refractivity contribution in [1.29, 1.82) is 0 Å². The molecule has 0 saturated carbocycles. The Kier molecular flexibility index (Phi) is 4.20. The van der Waals surface area contributed by atoms with Gasteiger partial charge in [0.2, 0.25) is 0 Å². The van der Waals surface area contributed by atoms with Gasteiger partial charge in [0.15, 0.2) is 0 Å². The van der Waals surface area contributed by atoms with Crippen molar-refractivity contribution >= 4 is 0 Å². The first-order chi connectivity index (χ1) is 10.8. The van der Waals surface area contributed by atoms with E-state index in [0.29, 0.717) is 0 Å². The van der Waals surface area contributed by atoms with E-state index in [2.05, 4.69) is 26.7 Å². The molecule has 3 rings (SSSR count). The molecule has 1 aromatic carbocycles. The minimum atomic E-state index is 0.730. The van der Waals surface area contributed by atoms with E-state index >= 15 is 0 Å². The van der Waals surface area contributed by atoms with Gasteiger partial charge in [-0.2, -0.15) is 10.2 Å². The average Bonchev–Trinajstić information content (AvgIpc) is 3.17. The van der Waals surface area contributed by atoms with E-state index in [-0.39, 0.29) is 0 Å². The Labute approximate surface area is 129 Å². The minimum Gasteiger partial charge on any atom is -0.497 e. The van der Waals surface area contributed by atoms with Crippen molar-refractivity contribution in [2.45, 2.75) is 13.1 Å². The van der Waals surface area contributed by atoms with Crippen LogP contribution in [-0.4, -0.2) is 27.1 Å². The summed E-state index contributed by atoms with van der Waals surface area (Å²) in [6, 6.07) is 11.9. The first-order valence-corrected chi connectivity index (χ1v) is 7.12. The lowest BCUT2D eigenvalue weighted by Crippen LogP contribution is -2.15. The van der Waals surface area contributed by atoms with Crippen molar-refractivity contribution in [3.05, 3.63) is 54.0 Å². The quantitative estimate of drug-likeness (QED) is 0.731. The summed E-state index contributed by atoms with van der Waals surface area (Å²) in [6.07, 6.45) is 1.80. The highest BCUT2D eigenvalue weighted by molar-refractivity contribution is 5.60. The monoisotopic (exact) mass is 297 g/mol. The van der Waals surface area contributed by atoms with Crippen LogP contribution in [-0.2, 0) is 20.1 Å². The van der Waals surface area contributed by atoms with E-state index in [9.17, 15) is 0 Å². The molecular weight excluding hydrogens is 278 g/mol. The zero-order chi connectivity index (χ0) is 15.4. The molecule has 0 amide bonds. The fourth-order valence-corrected chi connectivity index (χ4v) is 2.26. The Bertz CT molecular complexity index is 729. The van der Waals surface area contributed by atoms with Gasteiger partial charge >= 0.3 is 0 Å². The Morgan fingerprint density at radius 1 is 1.18 bits per heavy atom. The minimum absolute atomic E-state index is 0.730. The second kappa shape index (κ2) is 6.44. The highest BCUT2D eigenvalue weighted by atomic mass is 16.5. The molecule has 2 N–H and O–H groups in total. The maximum Gasteiger partial charge on any atom is 0.118 e. The van der Waals surface area contributed by atoms with E-state index in [4.69, 9.17) is 4.74 Å². The van der Waals surface area contributed by atoms with Crippen LogP contribution in [0.4, 0.5) is 0 Å². The number of aromatic nitrogens is 4. The number of hydrogen-bond donors (Lipinski definition) is 2. The molecule has 0 saturated heterocycles. The highest BCUT2D eigenvalue weighted by Crippen LogP contribution is 2.21. The van der Waals surface area contributed by atoms with Crippen LogP contribution in [0.2, 0.25) is 0 Å². The molecule has 0 spiro atoms. The molecule has 0 aliphatic carbocycles. The number of aryl methyl sites for hydroxylation is 1. The standard InChI is InChI=1S/C16H19N5O/c1-21-14(7-8-18-21)11-17-10-13-9-16(20-19-13)12-3-5-15(22-2)6-4-12/h3-9,17H,10-11H2,1-2H3,(H,19,20). The fraction of sp³-hybridized carbons (Fsp3) is 0.250. The Hall–Kier alpha value is -2.60. The average molecular weight is 297 g/mol. The van der Waals surface area contributed by atoms with Gasteiger partial charge in [-0.25, -0.2) is 0 Å². The molecule has 0 aliphatic heterocycles. The molecule has 0 unspecified atom stereocenters. The fourth-order valence-electron chi connectivity index (χ4n) is 2.26. The smallest absolute Gasteiger partial charge is 0.118 e. The first kappa shape index (κ1) is 14.3. The second-order valence-corrected chi connectivity index (χ2v) is 5.06. The van der Waals surface area contributed by atoms with E-state index < -0.39 is 0 Å². The van der Waals surface area contributed by atoms with Crippen LogP contribution in [0, 0.1) is 0 Å². The molecule has 0 bridgehead atoms. The van der Waals surface area contributed by atoms with E-state index in [1.54, 1.807) is 13.3 Å². The highest BCUT2D eigenvalue weighted by Gasteiger charge is 2.05. The largest absolute Gasteiger partial charge is 0.497 e. The number of ether oxygens (including phenoxy) is 1. The molecule has 3 aromatic rings. The normalized spacial score (nSPS) is 10.8. The van der Waals surface area contributed by atoms with Crippen molar-refractivity contribution in [1.82, 2.24) is 25.3 Å². The molecule has 0 aliphatic rings. The summed E-state index contributed by atoms with van der Waals surface area (Å²) < 4.78 is 7.03. The predicted octanol–water partition coefficient (Wildman–Crippen LogP) is 2.11. The van der Waals surface area contributed by atoms with Crippen molar-refractivity contribution < 1.29 is 4.74 Å². The van der Waals surface area contributed by atoms with E-state index in [0.717, 1.165) is 41.5 Å². The van der Waals surface area contributed by atoms with Crippen LogP contribution >= 0.6 is 0 Å². The van der Waals surface area contributed by atoms with Gasteiger partial charge in [-0.05, 0) is 36.4 Å². The van der Waals surface area contributed by atoms with Crippen LogP contribution in [0.15, 0.2) is 42.6 Å². The Morgan fingerprint density at radius 3 is 2.68 bits per heavy atom. The van der Waals surface area contributed by atoms with Crippen LogP contribution in [0.25, 0.3) is 11.3 Å². The lowest BCUT2D eigenvalue weighted by molar-refractivity contribution is 0.415. The van der Waals surface area contributed by atoms with Gasteiger partial charge in [-0.3, -0.25) is 9.78 Å². The van der Waals surface area contributed by atoms with Crippen molar-refractivity contribution in [3.63, 3.8) is 0 Å². The number of aromatic amines is 1. The Balaban J connectivity index is 1.59. The summed E-state index contributed by atoms with van der Waals surface area (Å²) in [5.41, 5.74) is 4.19. The van der Waals surface area contributed by atoms with Gasteiger partial charge in [0, 0.05) is 37.6 Å². The summed E-state index contributed by atoms with van der Waals surface area (Å²) in [5, 5.41) is 14.9. The molecule has 0 fully saturated rings. The number of hydrogen-bond acceptors (Lipinski definition) is 4. The van der Waals surface area contributed by atoms with Gasteiger partial charge < -0.3 is 10.1 Å². The molecule has 22 heavy (non-hydrogen) atoms. The number of nitrogens with one attached hydrogen (secondary N) is 2. The zero-order valence-electron chi connectivity index (χ0n) is 12.7. The second-order valence-electron chi connectivity index (χ2n) is 5.06.